The summed E-state index contributed by atoms with van der Waals surface area (Å²) < 4.78 is 29.1. The van der Waals surface area contributed by atoms with Gasteiger partial charge in [-0.2, -0.15) is 4.98 Å². The number of aromatic nitrogens is 3. The van der Waals surface area contributed by atoms with E-state index < -0.39 is 17.5 Å². The van der Waals surface area contributed by atoms with Gasteiger partial charge < -0.3 is 10.2 Å². The Morgan fingerprint density at radius 3 is 2.75 bits per heavy atom. The number of amides is 1. The van der Waals surface area contributed by atoms with Crippen molar-refractivity contribution in [2.24, 2.45) is 5.92 Å². The molecule has 170 valence electrons. The van der Waals surface area contributed by atoms with Gasteiger partial charge in [0.2, 0.25) is 5.91 Å². The van der Waals surface area contributed by atoms with Crippen LogP contribution in [0.4, 0.5) is 19.6 Å². The second kappa shape index (κ2) is 9.53. The van der Waals surface area contributed by atoms with Gasteiger partial charge in [0, 0.05) is 25.7 Å². The molecular weight excluding hydrogens is 456 g/mol. The van der Waals surface area contributed by atoms with Gasteiger partial charge in [0.05, 0.1) is 11.4 Å². The van der Waals surface area contributed by atoms with E-state index >= 15 is 0 Å². The van der Waals surface area contributed by atoms with Crippen LogP contribution in [0.3, 0.4) is 0 Å². The monoisotopic (exact) mass is 479 g/mol. The van der Waals surface area contributed by atoms with Gasteiger partial charge in [0.15, 0.2) is 15.9 Å². The van der Waals surface area contributed by atoms with Crippen molar-refractivity contribution in [1.82, 2.24) is 14.5 Å². The van der Waals surface area contributed by atoms with Crippen LogP contribution in [0.2, 0.25) is 0 Å². The SMILES string of the molecule is CCn1c(SCC(=O)Nc2cc(F)ccc2F)nc2nc(N3CCC(C)CC3)sc2c1=O. The van der Waals surface area contributed by atoms with Gasteiger partial charge in [-0.1, -0.05) is 30.0 Å². The van der Waals surface area contributed by atoms with Gasteiger partial charge in [-0.05, 0) is 37.8 Å². The lowest BCUT2D eigenvalue weighted by atomic mass is 10.00. The first kappa shape index (κ1) is 22.7. The van der Waals surface area contributed by atoms with Gasteiger partial charge in [-0.15, -0.1) is 0 Å². The number of halogens is 2. The normalized spacial score (nSPS) is 14.8. The molecule has 0 atom stereocenters. The van der Waals surface area contributed by atoms with E-state index in [0.717, 1.165) is 61.0 Å². The molecule has 4 rings (SSSR count). The number of rotatable bonds is 6. The number of nitrogens with one attached hydrogen (secondary N) is 1. The largest absolute Gasteiger partial charge is 0.348 e. The number of benzene rings is 1. The number of fused-ring (bicyclic) bond motifs is 1. The molecule has 0 spiro atoms. The highest BCUT2D eigenvalue weighted by Gasteiger charge is 2.22. The molecule has 11 heteroatoms. The Morgan fingerprint density at radius 1 is 1.28 bits per heavy atom. The van der Waals surface area contributed by atoms with Crippen LogP contribution in [-0.2, 0) is 11.3 Å². The number of carbonyl (C=O) groups is 1. The number of nitrogens with zero attached hydrogens (tertiary/aromatic N) is 4. The number of anilines is 2. The number of hydrogen-bond donors (Lipinski definition) is 1. The van der Waals surface area contributed by atoms with Crippen LogP contribution in [0, 0.1) is 17.6 Å². The molecule has 7 nitrogen and oxygen atoms in total. The van der Waals surface area contributed by atoms with Gasteiger partial charge in [-0.25, -0.2) is 13.8 Å². The Balaban J connectivity index is 1.53. The number of carbonyl (C=O) groups excluding carboxylic acids is 1. The molecule has 3 aromatic rings. The summed E-state index contributed by atoms with van der Waals surface area (Å²) in [5, 5.41) is 3.51. The third-order valence-electron chi connectivity index (χ3n) is 5.38. The molecule has 0 saturated carbocycles. The molecule has 1 fully saturated rings. The van der Waals surface area contributed by atoms with E-state index in [9.17, 15) is 18.4 Å². The maximum absolute atomic E-state index is 13.8. The molecule has 1 aliphatic heterocycles. The average molecular weight is 480 g/mol. The number of thiazole rings is 1. The van der Waals surface area contributed by atoms with Crippen LogP contribution in [0.15, 0.2) is 28.2 Å². The molecule has 0 aliphatic carbocycles. The summed E-state index contributed by atoms with van der Waals surface area (Å²) >= 11 is 2.41. The third-order valence-corrected chi connectivity index (χ3v) is 7.44. The first-order valence-corrected chi connectivity index (χ1v) is 12.2. The van der Waals surface area contributed by atoms with E-state index in [0.29, 0.717) is 28.0 Å². The third kappa shape index (κ3) is 4.78. The minimum absolute atomic E-state index is 0.116. The zero-order valence-corrected chi connectivity index (χ0v) is 19.4. The Bertz CT molecular complexity index is 1200. The van der Waals surface area contributed by atoms with E-state index in [4.69, 9.17) is 0 Å². The Hall–Kier alpha value is -2.53. The van der Waals surface area contributed by atoms with E-state index in [1.807, 2.05) is 6.92 Å². The maximum Gasteiger partial charge on any atom is 0.273 e. The summed E-state index contributed by atoms with van der Waals surface area (Å²) in [7, 11) is 0. The smallest absolute Gasteiger partial charge is 0.273 e. The number of hydrogen-bond acceptors (Lipinski definition) is 7. The van der Waals surface area contributed by atoms with Crippen LogP contribution in [0.25, 0.3) is 10.3 Å². The molecule has 1 saturated heterocycles. The topological polar surface area (TPSA) is 80.1 Å². The van der Waals surface area contributed by atoms with Crippen molar-refractivity contribution in [2.45, 2.75) is 38.4 Å². The lowest BCUT2D eigenvalue weighted by Crippen LogP contribution is -2.32. The summed E-state index contributed by atoms with van der Waals surface area (Å²) in [5.74, 6) is -1.33. The highest BCUT2D eigenvalue weighted by molar-refractivity contribution is 7.99. The van der Waals surface area contributed by atoms with Gasteiger partial charge in [0.1, 0.15) is 16.3 Å². The highest BCUT2D eigenvalue weighted by atomic mass is 32.2. The zero-order chi connectivity index (χ0) is 22.8. The molecule has 1 aliphatic rings. The predicted molar refractivity (Wildman–Crippen MR) is 124 cm³/mol. The summed E-state index contributed by atoms with van der Waals surface area (Å²) in [6.07, 6.45) is 2.18. The van der Waals surface area contributed by atoms with Crippen molar-refractivity contribution in [3.8, 4) is 0 Å². The Kier molecular flexibility index (Phi) is 6.75. The van der Waals surface area contributed by atoms with Gasteiger partial charge in [0.25, 0.3) is 5.56 Å². The van der Waals surface area contributed by atoms with Gasteiger partial charge >= 0.3 is 0 Å². The van der Waals surface area contributed by atoms with Crippen molar-refractivity contribution < 1.29 is 13.6 Å². The minimum Gasteiger partial charge on any atom is -0.348 e. The van der Waals surface area contributed by atoms with E-state index in [1.54, 1.807) is 0 Å². The molecule has 2 aromatic heterocycles. The van der Waals surface area contributed by atoms with E-state index in [-0.39, 0.29) is 17.0 Å². The molecule has 1 aromatic carbocycles. The van der Waals surface area contributed by atoms with Crippen LogP contribution >= 0.6 is 23.1 Å². The van der Waals surface area contributed by atoms with Crippen molar-refractivity contribution >= 4 is 50.2 Å². The summed E-state index contributed by atoms with van der Waals surface area (Å²) in [5.41, 5.74) is -0.0463. The first-order chi connectivity index (χ1) is 15.4. The van der Waals surface area contributed by atoms with E-state index in [1.165, 1.54) is 15.9 Å². The maximum atomic E-state index is 13.8. The second-order valence-electron chi connectivity index (χ2n) is 7.72. The summed E-state index contributed by atoms with van der Waals surface area (Å²) in [4.78, 5) is 36.6. The predicted octanol–water partition coefficient (Wildman–Crippen LogP) is 4.12. The molecule has 0 radical (unpaired) electrons. The zero-order valence-electron chi connectivity index (χ0n) is 17.7. The van der Waals surface area contributed by atoms with Crippen LogP contribution in [-0.4, -0.2) is 39.3 Å². The molecule has 3 heterocycles. The summed E-state index contributed by atoms with van der Waals surface area (Å²) in [6.45, 7) is 6.26. The number of thioether (sulfide) groups is 1. The fourth-order valence-electron chi connectivity index (χ4n) is 3.51. The molecular formula is C21H23F2N5O2S2. The quantitative estimate of drug-likeness (QED) is 0.423. The molecule has 1 amide bonds. The van der Waals surface area contributed by atoms with Crippen LogP contribution in [0.1, 0.15) is 26.7 Å². The van der Waals surface area contributed by atoms with Crippen molar-refractivity contribution in [1.29, 1.82) is 0 Å². The van der Waals surface area contributed by atoms with Crippen LogP contribution in [0.5, 0.6) is 0 Å². The van der Waals surface area contributed by atoms with Crippen LogP contribution < -0.4 is 15.8 Å². The first-order valence-electron chi connectivity index (χ1n) is 10.4. The van der Waals surface area contributed by atoms with Crippen molar-refractivity contribution in [3.63, 3.8) is 0 Å². The van der Waals surface area contributed by atoms with Crippen molar-refractivity contribution in [2.75, 3.05) is 29.1 Å². The Morgan fingerprint density at radius 2 is 2.03 bits per heavy atom. The molecule has 0 unspecified atom stereocenters. The van der Waals surface area contributed by atoms with Gasteiger partial charge in [-0.3, -0.25) is 14.2 Å². The number of piperidine rings is 1. The fourth-order valence-corrected chi connectivity index (χ4v) is 5.37. The second-order valence-corrected chi connectivity index (χ2v) is 9.64. The van der Waals surface area contributed by atoms with E-state index in [2.05, 4.69) is 27.1 Å². The molecule has 0 bridgehead atoms. The van der Waals surface area contributed by atoms with Crippen molar-refractivity contribution in [3.05, 3.63) is 40.2 Å². The molecule has 32 heavy (non-hydrogen) atoms. The molecule has 1 N–H and O–H groups in total. The average Bonchev–Trinajstić information content (AvgIpc) is 3.20. The lowest BCUT2D eigenvalue weighted by Gasteiger charge is -2.29. The lowest BCUT2D eigenvalue weighted by molar-refractivity contribution is -0.113. The standard InChI is InChI=1S/C21H23F2N5O2S2/c1-3-28-19(30)17-18(25-20(32-17)27-8-6-12(2)7-9-27)26-21(28)31-11-16(29)24-15-10-13(22)4-5-14(15)23/h4-5,10,12H,3,6-9,11H2,1-2H3,(H,24,29). The minimum atomic E-state index is -0.725. The highest BCUT2D eigenvalue weighted by Crippen LogP contribution is 2.30. The summed E-state index contributed by atoms with van der Waals surface area (Å²) in [6, 6.07) is 2.85. The fraction of sp³-hybridized carbons (Fsp3) is 0.429. The Labute approximate surface area is 191 Å².